The second-order valence-corrected chi connectivity index (χ2v) is 5.81. The number of hydrogen-bond acceptors (Lipinski definition) is 4. The molecule has 20 heavy (non-hydrogen) atoms. The Morgan fingerprint density at radius 3 is 3.05 bits per heavy atom. The van der Waals surface area contributed by atoms with Crippen molar-refractivity contribution in [3.05, 3.63) is 23.8 Å². The molecule has 0 aromatic heterocycles. The van der Waals surface area contributed by atoms with E-state index in [0.29, 0.717) is 0 Å². The molecule has 1 aromatic rings. The van der Waals surface area contributed by atoms with E-state index in [-0.39, 0.29) is 0 Å². The van der Waals surface area contributed by atoms with Crippen molar-refractivity contribution in [2.45, 2.75) is 19.4 Å². The first-order valence-corrected chi connectivity index (χ1v) is 7.50. The summed E-state index contributed by atoms with van der Waals surface area (Å²) >= 11 is 0. The minimum atomic E-state index is 0.721. The second-order valence-electron chi connectivity index (χ2n) is 5.81. The summed E-state index contributed by atoms with van der Waals surface area (Å²) in [4.78, 5) is 2.56. The molecule has 2 saturated heterocycles. The van der Waals surface area contributed by atoms with Gasteiger partial charge in [-0.25, -0.2) is 0 Å². The molecule has 2 atom stereocenters. The van der Waals surface area contributed by atoms with Crippen molar-refractivity contribution in [1.29, 1.82) is 0 Å². The Bertz CT molecular complexity index is 464. The average molecular weight is 276 g/mol. The van der Waals surface area contributed by atoms with Gasteiger partial charge in [-0.1, -0.05) is 6.07 Å². The maximum absolute atomic E-state index is 5.91. The van der Waals surface area contributed by atoms with Gasteiger partial charge in [0.1, 0.15) is 6.61 Å². The van der Waals surface area contributed by atoms with Gasteiger partial charge in [-0.3, -0.25) is 4.90 Å². The molecule has 0 bridgehead atoms. The first-order valence-electron chi connectivity index (χ1n) is 7.50. The van der Waals surface area contributed by atoms with Crippen LogP contribution in [-0.4, -0.2) is 50.8 Å². The Hall–Kier alpha value is -1.26. The smallest absolute Gasteiger partial charge is 0.161 e. The summed E-state index contributed by atoms with van der Waals surface area (Å²) < 4.78 is 11.3. The lowest BCUT2D eigenvalue weighted by molar-refractivity contribution is 0.192. The van der Waals surface area contributed by atoms with Gasteiger partial charge in [-0.05, 0) is 50.0 Å². The summed E-state index contributed by atoms with van der Waals surface area (Å²) in [6.07, 6.45) is 1.32. The van der Waals surface area contributed by atoms with Crippen LogP contribution >= 0.6 is 0 Å². The number of nitrogens with one attached hydrogen (secondary N) is 1. The number of ether oxygens (including phenoxy) is 2. The predicted octanol–water partition coefficient (Wildman–Crippen LogP) is 1.68. The minimum Gasteiger partial charge on any atom is -0.493 e. The Morgan fingerprint density at radius 2 is 2.20 bits per heavy atom. The molecule has 4 heteroatoms. The fourth-order valence-electron chi connectivity index (χ4n) is 3.38. The topological polar surface area (TPSA) is 33.7 Å². The van der Waals surface area contributed by atoms with E-state index in [1.165, 1.54) is 25.1 Å². The zero-order valence-electron chi connectivity index (χ0n) is 12.4. The van der Waals surface area contributed by atoms with Crippen LogP contribution in [0.5, 0.6) is 11.5 Å². The maximum Gasteiger partial charge on any atom is 0.161 e. The van der Waals surface area contributed by atoms with Crippen LogP contribution in [-0.2, 0) is 0 Å². The van der Waals surface area contributed by atoms with Gasteiger partial charge in [0.2, 0.25) is 0 Å². The van der Waals surface area contributed by atoms with Crippen molar-refractivity contribution >= 4 is 0 Å². The maximum atomic E-state index is 5.91. The van der Waals surface area contributed by atoms with E-state index < -0.39 is 0 Å². The lowest BCUT2D eigenvalue weighted by atomic mass is 10.1. The summed E-state index contributed by atoms with van der Waals surface area (Å²) in [5, 5.41) is 3.48. The van der Waals surface area contributed by atoms with Crippen LogP contribution < -0.4 is 14.8 Å². The van der Waals surface area contributed by atoms with Crippen LogP contribution in [0.2, 0.25) is 0 Å². The number of benzene rings is 1. The highest BCUT2D eigenvalue weighted by atomic mass is 16.5. The number of methoxy groups -OCH3 is 1. The molecule has 110 valence electrons. The Labute approximate surface area is 121 Å². The zero-order chi connectivity index (χ0) is 13.9. The third kappa shape index (κ3) is 2.76. The number of rotatable bonds is 5. The van der Waals surface area contributed by atoms with Crippen LogP contribution in [0.25, 0.3) is 0 Å². The summed E-state index contributed by atoms with van der Waals surface area (Å²) in [5.41, 5.74) is 1.19. The quantitative estimate of drug-likeness (QED) is 0.887. The number of likely N-dealkylation sites (tertiary alicyclic amines) is 1. The van der Waals surface area contributed by atoms with Gasteiger partial charge < -0.3 is 14.8 Å². The molecule has 3 rings (SSSR count). The van der Waals surface area contributed by atoms with E-state index in [4.69, 9.17) is 9.47 Å². The molecule has 0 unspecified atom stereocenters. The monoisotopic (exact) mass is 276 g/mol. The molecular weight excluding hydrogens is 252 g/mol. The van der Waals surface area contributed by atoms with Crippen molar-refractivity contribution in [3.8, 4) is 11.5 Å². The van der Waals surface area contributed by atoms with E-state index >= 15 is 0 Å². The molecule has 1 N–H and O–H groups in total. The summed E-state index contributed by atoms with van der Waals surface area (Å²) in [6.45, 7) is 7.32. The van der Waals surface area contributed by atoms with Gasteiger partial charge in [-0.2, -0.15) is 0 Å². The van der Waals surface area contributed by atoms with E-state index in [2.05, 4.69) is 23.2 Å². The lowest BCUT2D eigenvalue weighted by Crippen LogP contribution is -2.36. The number of fused-ring (bicyclic) bond motifs is 1. The van der Waals surface area contributed by atoms with Crippen molar-refractivity contribution < 1.29 is 9.47 Å². The van der Waals surface area contributed by atoms with Crippen LogP contribution in [0.3, 0.4) is 0 Å². The van der Waals surface area contributed by atoms with E-state index in [9.17, 15) is 0 Å². The van der Waals surface area contributed by atoms with Crippen molar-refractivity contribution in [3.63, 3.8) is 0 Å². The zero-order valence-corrected chi connectivity index (χ0v) is 12.4. The fraction of sp³-hybridized carbons (Fsp3) is 0.625. The molecule has 0 aliphatic carbocycles. The van der Waals surface area contributed by atoms with Gasteiger partial charge in [0.25, 0.3) is 0 Å². The fourth-order valence-corrected chi connectivity index (χ4v) is 3.38. The predicted molar refractivity (Wildman–Crippen MR) is 79.6 cm³/mol. The molecule has 2 heterocycles. The Kier molecular flexibility index (Phi) is 4.13. The van der Waals surface area contributed by atoms with Gasteiger partial charge >= 0.3 is 0 Å². The number of nitrogens with zero attached hydrogens (tertiary/aromatic N) is 1. The second kappa shape index (κ2) is 6.02. The SMILES string of the molecule is COc1cc(C)ccc1OCCN1CC[C@H]2CNC[C@H]21. The first kappa shape index (κ1) is 13.7. The molecule has 2 fully saturated rings. The van der Waals surface area contributed by atoms with Crippen molar-refractivity contribution in [2.75, 3.05) is 39.9 Å². The molecule has 0 radical (unpaired) electrons. The Balaban J connectivity index is 1.52. The van der Waals surface area contributed by atoms with Gasteiger partial charge in [-0.15, -0.1) is 0 Å². The van der Waals surface area contributed by atoms with Gasteiger partial charge in [0.05, 0.1) is 7.11 Å². The highest BCUT2D eigenvalue weighted by Crippen LogP contribution is 2.29. The summed E-state index contributed by atoms with van der Waals surface area (Å²) in [5.74, 6) is 2.52. The van der Waals surface area contributed by atoms with Crippen LogP contribution in [0.1, 0.15) is 12.0 Å². The van der Waals surface area contributed by atoms with Crippen LogP contribution in [0.4, 0.5) is 0 Å². The molecule has 2 aliphatic heterocycles. The van der Waals surface area contributed by atoms with E-state index in [1.807, 2.05) is 12.1 Å². The van der Waals surface area contributed by atoms with E-state index in [1.54, 1.807) is 7.11 Å². The van der Waals surface area contributed by atoms with Crippen LogP contribution in [0.15, 0.2) is 18.2 Å². The van der Waals surface area contributed by atoms with Crippen LogP contribution in [0, 0.1) is 12.8 Å². The average Bonchev–Trinajstić information content (AvgIpc) is 3.04. The normalized spacial score (nSPS) is 25.7. The first-order chi connectivity index (χ1) is 9.78. The molecule has 0 spiro atoms. The van der Waals surface area contributed by atoms with Gasteiger partial charge in [0, 0.05) is 19.1 Å². The molecule has 2 aliphatic rings. The summed E-state index contributed by atoms with van der Waals surface area (Å²) in [6, 6.07) is 6.80. The highest BCUT2D eigenvalue weighted by molar-refractivity contribution is 5.42. The standard InChI is InChI=1S/C16H24N2O2/c1-12-3-4-15(16(9-12)19-2)20-8-7-18-6-5-13-10-17-11-14(13)18/h3-4,9,13-14,17H,5-8,10-11H2,1-2H3/t13-,14+/m0/s1. The molecule has 0 amide bonds. The Morgan fingerprint density at radius 1 is 1.30 bits per heavy atom. The molecule has 4 nitrogen and oxygen atoms in total. The summed E-state index contributed by atoms with van der Waals surface area (Å²) in [7, 11) is 1.69. The molecule has 0 saturated carbocycles. The minimum absolute atomic E-state index is 0.721. The van der Waals surface area contributed by atoms with Crippen molar-refractivity contribution in [1.82, 2.24) is 10.2 Å². The number of hydrogen-bond donors (Lipinski definition) is 1. The van der Waals surface area contributed by atoms with Crippen molar-refractivity contribution in [2.24, 2.45) is 5.92 Å². The third-order valence-electron chi connectivity index (χ3n) is 4.52. The highest BCUT2D eigenvalue weighted by Gasteiger charge is 2.36. The van der Waals surface area contributed by atoms with Gasteiger partial charge in [0.15, 0.2) is 11.5 Å². The molecule has 1 aromatic carbocycles. The largest absolute Gasteiger partial charge is 0.493 e. The molecular formula is C16H24N2O2. The lowest BCUT2D eigenvalue weighted by Gasteiger charge is -2.23. The number of aryl methyl sites for hydroxylation is 1. The third-order valence-corrected chi connectivity index (χ3v) is 4.52. The van der Waals surface area contributed by atoms with E-state index in [0.717, 1.165) is 43.2 Å².